The first kappa shape index (κ1) is 28.0. The Morgan fingerprint density at radius 3 is 2.44 bits per heavy atom. The van der Waals surface area contributed by atoms with E-state index in [0.717, 1.165) is 12.8 Å². The Morgan fingerprint density at radius 1 is 1.08 bits per heavy atom. The van der Waals surface area contributed by atoms with Gasteiger partial charge in [0.25, 0.3) is 0 Å². The van der Waals surface area contributed by atoms with Crippen LogP contribution >= 0.6 is 7.75 Å². The van der Waals surface area contributed by atoms with E-state index in [1.54, 1.807) is 41.2 Å². The summed E-state index contributed by atoms with van der Waals surface area (Å²) in [5.74, 6) is 0.562. The first-order valence-corrected chi connectivity index (χ1v) is 13.5. The largest absolute Gasteiger partial charge is 0.460 e. The van der Waals surface area contributed by atoms with Crippen LogP contribution in [-0.4, -0.2) is 68.0 Å². The number of anilines is 1. The molecule has 0 spiro atoms. The average molecular weight is 523 g/mol. The molecule has 1 aromatic carbocycles. The lowest BCUT2D eigenvalue weighted by Gasteiger charge is -2.30. The van der Waals surface area contributed by atoms with Gasteiger partial charge in [-0.2, -0.15) is 4.67 Å². The van der Waals surface area contributed by atoms with Crippen LogP contribution in [0, 0.1) is 0 Å². The molecule has 2 atom stereocenters. The quantitative estimate of drug-likeness (QED) is 0.211. The van der Waals surface area contributed by atoms with E-state index < -0.39 is 14.0 Å². The number of fused-ring (bicyclic) bond motifs is 1. The van der Waals surface area contributed by atoms with Crippen LogP contribution in [0.5, 0.6) is 5.75 Å². The Labute approximate surface area is 210 Å². The SMILES string of the molecule is CCCOC(CN(CO[C@H](C)Cn1cnc2c(N)ncnc21)P(=O)(O)Oc1ccccc1)OCCC. The smallest absolute Gasteiger partial charge is 0.413 e. The zero-order valence-corrected chi connectivity index (χ0v) is 21.8. The molecule has 3 aromatic rings. The normalized spacial score (nSPS) is 14.4. The van der Waals surface area contributed by atoms with Gasteiger partial charge in [-0.1, -0.05) is 32.0 Å². The van der Waals surface area contributed by atoms with Crippen LogP contribution in [0.15, 0.2) is 43.0 Å². The molecule has 1 unspecified atom stereocenters. The summed E-state index contributed by atoms with van der Waals surface area (Å²) >= 11 is 0. The standard InChI is InChI=1S/C23H35N6O6P/c1-4-11-32-20(33-12-5-2)14-29(36(30,31)35-19-9-7-6-8-10-19)17-34-18(3)13-28-16-27-21-22(24)25-15-26-23(21)28/h6-10,15-16,18,20H,4-5,11-14,17H2,1-3H3,(H,30,31)(H2,24,25,26)/t18-/m1/s1. The maximum atomic E-state index is 13.3. The Morgan fingerprint density at radius 2 is 1.78 bits per heavy atom. The number of nitrogen functional groups attached to an aromatic ring is 1. The first-order chi connectivity index (χ1) is 17.3. The van der Waals surface area contributed by atoms with Crippen molar-refractivity contribution < 1.29 is 28.2 Å². The third-order valence-corrected chi connectivity index (χ3v) is 6.53. The Balaban J connectivity index is 1.72. The molecule has 0 saturated carbocycles. The molecule has 3 N–H and O–H groups in total. The molecular formula is C23H35N6O6P. The molecule has 0 saturated heterocycles. The minimum Gasteiger partial charge on any atom is -0.413 e. The maximum absolute atomic E-state index is 13.3. The molecule has 0 aliphatic heterocycles. The number of benzene rings is 1. The fraction of sp³-hybridized carbons (Fsp3) is 0.522. The first-order valence-electron chi connectivity index (χ1n) is 11.9. The van der Waals surface area contributed by atoms with Crippen molar-refractivity contribution in [3.8, 4) is 5.75 Å². The summed E-state index contributed by atoms with van der Waals surface area (Å²) in [4.78, 5) is 23.3. The molecule has 12 nitrogen and oxygen atoms in total. The number of imidazole rings is 1. The van der Waals surface area contributed by atoms with E-state index in [4.69, 9.17) is 24.5 Å². The van der Waals surface area contributed by atoms with E-state index in [1.165, 1.54) is 11.0 Å². The Hall–Kier alpha value is -2.60. The lowest BCUT2D eigenvalue weighted by atomic mass is 10.3. The average Bonchev–Trinajstić information content (AvgIpc) is 3.27. The van der Waals surface area contributed by atoms with E-state index in [-0.39, 0.29) is 25.1 Å². The second kappa shape index (κ2) is 13.6. The van der Waals surface area contributed by atoms with Gasteiger partial charge in [-0.25, -0.2) is 19.5 Å². The molecule has 0 bridgehead atoms. The molecule has 0 aliphatic carbocycles. The van der Waals surface area contributed by atoms with Gasteiger partial charge in [0, 0.05) is 13.2 Å². The van der Waals surface area contributed by atoms with Crippen LogP contribution < -0.4 is 10.3 Å². The molecule has 0 amide bonds. The van der Waals surface area contributed by atoms with E-state index >= 15 is 0 Å². The zero-order valence-electron chi connectivity index (χ0n) is 20.9. The van der Waals surface area contributed by atoms with Gasteiger partial charge in [0.05, 0.1) is 25.5 Å². The number of hydrogen-bond donors (Lipinski definition) is 2. The predicted molar refractivity (Wildman–Crippen MR) is 135 cm³/mol. The summed E-state index contributed by atoms with van der Waals surface area (Å²) in [5, 5.41) is 0. The second-order valence-electron chi connectivity index (χ2n) is 8.19. The Bertz CT molecular complexity index is 1110. The van der Waals surface area contributed by atoms with Crippen LogP contribution in [0.3, 0.4) is 0 Å². The van der Waals surface area contributed by atoms with E-state index in [0.29, 0.717) is 36.7 Å². The van der Waals surface area contributed by atoms with Gasteiger partial charge in [0.2, 0.25) is 0 Å². The van der Waals surface area contributed by atoms with Gasteiger partial charge in [0.15, 0.2) is 17.8 Å². The topological polar surface area (TPSA) is 147 Å². The van der Waals surface area contributed by atoms with E-state index in [9.17, 15) is 9.46 Å². The van der Waals surface area contributed by atoms with E-state index in [2.05, 4.69) is 15.0 Å². The van der Waals surface area contributed by atoms with E-state index in [1.807, 2.05) is 20.8 Å². The third kappa shape index (κ3) is 7.95. The van der Waals surface area contributed by atoms with Gasteiger partial charge in [-0.05, 0) is 31.9 Å². The van der Waals surface area contributed by atoms with Crippen LogP contribution in [0.25, 0.3) is 11.2 Å². The summed E-state index contributed by atoms with van der Waals surface area (Å²) < 4.78 is 39.3. The van der Waals surface area contributed by atoms with Gasteiger partial charge in [0.1, 0.15) is 24.3 Å². The molecule has 2 aromatic heterocycles. The molecule has 0 aliphatic rings. The number of nitrogens with zero attached hydrogens (tertiary/aromatic N) is 5. The molecule has 3 rings (SSSR count). The van der Waals surface area contributed by atoms with Crippen LogP contribution in [-0.2, 0) is 25.3 Å². The third-order valence-electron chi connectivity index (χ3n) is 5.09. The summed E-state index contributed by atoms with van der Waals surface area (Å²) in [6.07, 6.45) is 3.45. The second-order valence-corrected chi connectivity index (χ2v) is 9.92. The van der Waals surface area contributed by atoms with Gasteiger partial charge >= 0.3 is 7.75 Å². The molecule has 36 heavy (non-hydrogen) atoms. The van der Waals surface area contributed by atoms with Crippen molar-refractivity contribution in [2.75, 3.05) is 32.2 Å². The Kier molecular flexibility index (Phi) is 10.6. The lowest BCUT2D eigenvalue weighted by Crippen LogP contribution is -2.37. The minimum atomic E-state index is -4.32. The molecule has 2 heterocycles. The highest BCUT2D eigenvalue weighted by molar-refractivity contribution is 7.50. The molecule has 0 radical (unpaired) electrons. The van der Waals surface area contributed by atoms with Crippen molar-refractivity contribution in [2.45, 2.75) is 52.6 Å². The van der Waals surface area contributed by atoms with Crippen molar-refractivity contribution in [1.82, 2.24) is 24.2 Å². The van der Waals surface area contributed by atoms with Crippen molar-refractivity contribution in [3.05, 3.63) is 43.0 Å². The summed E-state index contributed by atoms with van der Waals surface area (Å²) in [5.41, 5.74) is 6.95. The van der Waals surface area contributed by atoms with Crippen molar-refractivity contribution in [3.63, 3.8) is 0 Å². The molecule has 0 fully saturated rings. The number of para-hydroxylation sites is 1. The number of rotatable bonds is 16. The monoisotopic (exact) mass is 522 g/mol. The number of nitrogens with two attached hydrogens (primary N) is 1. The summed E-state index contributed by atoms with van der Waals surface area (Å²) in [7, 11) is -4.32. The number of hydrogen-bond acceptors (Lipinski definition) is 9. The minimum absolute atomic E-state index is 0.0227. The molecule has 13 heteroatoms. The lowest BCUT2D eigenvalue weighted by molar-refractivity contribution is -0.154. The van der Waals surface area contributed by atoms with Crippen LogP contribution in [0.1, 0.15) is 33.6 Å². The number of ether oxygens (including phenoxy) is 3. The highest BCUT2D eigenvalue weighted by atomic mass is 31.2. The fourth-order valence-electron chi connectivity index (χ4n) is 3.30. The highest BCUT2D eigenvalue weighted by Gasteiger charge is 2.34. The maximum Gasteiger partial charge on any atom is 0.460 e. The van der Waals surface area contributed by atoms with Crippen molar-refractivity contribution in [2.24, 2.45) is 0 Å². The highest BCUT2D eigenvalue weighted by Crippen LogP contribution is 2.46. The van der Waals surface area contributed by atoms with Crippen molar-refractivity contribution in [1.29, 1.82) is 0 Å². The van der Waals surface area contributed by atoms with Gasteiger partial charge < -0.3 is 33.9 Å². The van der Waals surface area contributed by atoms with Gasteiger partial charge in [-0.15, -0.1) is 0 Å². The molecule has 198 valence electrons. The predicted octanol–water partition coefficient (Wildman–Crippen LogP) is 3.43. The van der Waals surface area contributed by atoms with Crippen LogP contribution in [0.2, 0.25) is 0 Å². The fourth-order valence-corrected chi connectivity index (χ4v) is 4.37. The zero-order chi connectivity index (χ0) is 26.0. The summed E-state index contributed by atoms with van der Waals surface area (Å²) in [6.45, 7) is 6.87. The summed E-state index contributed by atoms with van der Waals surface area (Å²) in [6, 6.07) is 8.47. The number of aromatic nitrogens is 4. The molecular weight excluding hydrogens is 487 g/mol. The van der Waals surface area contributed by atoms with Crippen molar-refractivity contribution >= 4 is 24.7 Å². The van der Waals surface area contributed by atoms with Gasteiger partial charge in [-0.3, -0.25) is 0 Å². The van der Waals surface area contributed by atoms with Crippen LogP contribution in [0.4, 0.5) is 5.82 Å².